The van der Waals surface area contributed by atoms with E-state index >= 15 is 0 Å². The fourth-order valence-electron chi connectivity index (χ4n) is 8.15. The van der Waals surface area contributed by atoms with E-state index in [9.17, 15) is 0 Å². The highest BCUT2D eigenvalue weighted by molar-refractivity contribution is 6.22. The largest absolute Gasteiger partial charge is 0.456 e. The highest BCUT2D eigenvalue weighted by atomic mass is 16.3. The van der Waals surface area contributed by atoms with E-state index in [4.69, 9.17) is 18.8 Å². The number of fused-ring (bicyclic) bond motifs is 11. The number of nitrogens with zero attached hydrogens (tertiary/aromatic N) is 2. The van der Waals surface area contributed by atoms with E-state index in [1.807, 2.05) is 24.3 Å². The van der Waals surface area contributed by atoms with Crippen molar-refractivity contribution in [3.05, 3.63) is 163 Å². The Morgan fingerprint density at radius 1 is 0.520 bits per heavy atom. The van der Waals surface area contributed by atoms with Crippen LogP contribution in [0.5, 0.6) is 0 Å². The maximum absolute atomic E-state index is 6.66. The summed E-state index contributed by atoms with van der Waals surface area (Å²) in [5.41, 5.74) is 9.83. The minimum atomic E-state index is 0.281. The number of allylic oxidation sites excluding steroid dienone is 5. The minimum absolute atomic E-state index is 0.281. The van der Waals surface area contributed by atoms with Crippen LogP contribution in [0.2, 0.25) is 0 Å². The van der Waals surface area contributed by atoms with Gasteiger partial charge in [0.1, 0.15) is 22.5 Å². The second kappa shape index (κ2) is 10.5. The van der Waals surface area contributed by atoms with Crippen LogP contribution in [-0.4, -0.2) is 9.97 Å². The molecule has 6 aromatic carbocycles. The zero-order chi connectivity index (χ0) is 32.8. The summed E-state index contributed by atoms with van der Waals surface area (Å²) in [7, 11) is 0. The maximum atomic E-state index is 6.66. The average Bonchev–Trinajstić information content (AvgIpc) is 3.76. The topological polar surface area (TPSA) is 52.1 Å². The average molecular weight is 641 g/mol. The summed E-state index contributed by atoms with van der Waals surface area (Å²) in [4.78, 5) is 10.5. The van der Waals surface area contributed by atoms with Gasteiger partial charge in [-0.15, -0.1) is 0 Å². The van der Waals surface area contributed by atoms with Gasteiger partial charge in [0.15, 0.2) is 5.82 Å². The van der Waals surface area contributed by atoms with Crippen molar-refractivity contribution in [3.8, 4) is 33.8 Å². The number of benzene rings is 6. The fourth-order valence-corrected chi connectivity index (χ4v) is 8.15. The monoisotopic (exact) mass is 640 g/mol. The summed E-state index contributed by atoms with van der Waals surface area (Å²) in [6.45, 7) is 0. The van der Waals surface area contributed by atoms with Crippen LogP contribution in [0, 0.1) is 5.92 Å². The van der Waals surface area contributed by atoms with E-state index in [1.54, 1.807) is 0 Å². The lowest BCUT2D eigenvalue weighted by molar-refractivity contribution is 0.578. The molecule has 3 heterocycles. The Morgan fingerprint density at radius 3 is 2.26 bits per heavy atom. The zero-order valence-electron chi connectivity index (χ0n) is 26.9. The summed E-state index contributed by atoms with van der Waals surface area (Å²) in [5.74, 6) is 2.23. The first-order valence-electron chi connectivity index (χ1n) is 17.1. The van der Waals surface area contributed by atoms with E-state index < -0.39 is 0 Å². The number of para-hydroxylation sites is 1. The van der Waals surface area contributed by atoms with Gasteiger partial charge in [0.25, 0.3) is 0 Å². The molecule has 0 aliphatic heterocycles. The fraction of sp³-hybridized carbons (Fsp3) is 0.0435. The van der Waals surface area contributed by atoms with E-state index in [2.05, 4.69) is 134 Å². The molecule has 0 bridgehead atoms. The van der Waals surface area contributed by atoms with Gasteiger partial charge in [-0.3, -0.25) is 0 Å². The maximum Gasteiger partial charge on any atom is 0.161 e. The van der Waals surface area contributed by atoms with Crippen molar-refractivity contribution >= 4 is 60.7 Å². The quantitative estimate of drug-likeness (QED) is 0.193. The smallest absolute Gasteiger partial charge is 0.161 e. The molecule has 2 atom stereocenters. The van der Waals surface area contributed by atoms with Crippen LogP contribution in [0.15, 0.2) is 161 Å². The first-order chi connectivity index (χ1) is 24.8. The molecule has 2 aliphatic rings. The van der Waals surface area contributed by atoms with Gasteiger partial charge in [-0.1, -0.05) is 127 Å². The van der Waals surface area contributed by atoms with Crippen LogP contribution in [0.4, 0.5) is 0 Å². The molecular weight excluding hydrogens is 613 g/mol. The van der Waals surface area contributed by atoms with Crippen molar-refractivity contribution in [2.75, 3.05) is 0 Å². The van der Waals surface area contributed by atoms with Gasteiger partial charge in [-0.25, -0.2) is 9.97 Å². The Bertz CT molecular complexity index is 2940. The summed E-state index contributed by atoms with van der Waals surface area (Å²) in [6.07, 6.45) is 13.2. The number of aromatic nitrogens is 2. The van der Waals surface area contributed by atoms with E-state index in [1.165, 1.54) is 16.7 Å². The van der Waals surface area contributed by atoms with E-state index in [-0.39, 0.29) is 5.92 Å². The Kier molecular flexibility index (Phi) is 5.75. The van der Waals surface area contributed by atoms with Crippen LogP contribution in [0.25, 0.3) is 94.4 Å². The first kappa shape index (κ1) is 27.4. The molecule has 4 heteroatoms. The predicted octanol–water partition coefficient (Wildman–Crippen LogP) is 12.3. The molecule has 11 rings (SSSR count). The van der Waals surface area contributed by atoms with Crippen LogP contribution in [0.1, 0.15) is 17.2 Å². The molecule has 3 aromatic heterocycles. The lowest BCUT2D eigenvalue weighted by Gasteiger charge is -2.24. The van der Waals surface area contributed by atoms with E-state index in [0.717, 1.165) is 77.2 Å². The standard InChI is InChI=1S/C46H28N2O2/c1-2-11-27(12-3-1)36-26-37-43-35(18-10-20-39(43)50-45(37)32-16-7-6-15-31(32)36)46-47-38-19-9-8-17-33(38)44(48-46)29-21-23-34-41(25-29)49-40-24-22-28-13-4-5-14-30(28)42(34)40/h1-26,28,30H. The molecule has 0 spiro atoms. The summed E-state index contributed by atoms with van der Waals surface area (Å²) in [6, 6.07) is 42.3. The predicted molar refractivity (Wildman–Crippen MR) is 204 cm³/mol. The molecule has 9 aromatic rings. The number of furan rings is 2. The SMILES string of the molecule is C1=CC2C=Cc3oc4cc(-c5nc(-c6cccc7oc8c9ccccc9c(-c9ccccc9)cc8c67)nc6ccccc56)ccc4c3C2C=C1. The second-order valence-electron chi connectivity index (χ2n) is 13.2. The number of rotatable bonds is 3. The molecule has 0 saturated carbocycles. The number of hydrogen-bond donors (Lipinski definition) is 0. The van der Waals surface area contributed by atoms with Gasteiger partial charge < -0.3 is 8.83 Å². The highest BCUT2D eigenvalue weighted by Gasteiger charge is 2.29. The molecule has 2 aliphatic carbocycles. The Morgan fingerprint density at radius 2 is 1.34 bits per heavy atom. The van der Waals surface area contributed by atoms with Crippen molar-refractivity contribution in [2.24, 2.45) is 5.92 Å². The Balaban J connectivity index is 1.14. The Labute approximate surface area is 287 Å². The molecule has 2 unspecified atom stereocenters. The van der Waals surface area contributed by atoms with Crippen molar-refractivity contribution in [2.45, 2.75) is 5.92 Å². The minimum Gasteiger partial charge on any atom is -0.456 e. The molecule has 0 N–H and O–H groups in total. The van der Waals surface area contributed by atoms with Crippen molar-refractivity contribution in [1.29, 1.82) is 0 Å². The van der Waals surface area contributed by atoms with Crippen molar-refractivity contribution in [3.63, 3.8) is 0 Å². The molecule has 234 valence electrons. The molecular formula is C46H28N2O2. The number of hydrogen-bond acceptors (Lipinski definition) is 4. The molecule has 0 fully saturated rings. The second-order valence-corrected chi connectivity index (χ2v) is 13.2. The molecule has 0 amide bonds. The third-order valence-corrected chi connectivity index (χ3v) is 10.4. The lowest BCUT2D eigenvalue weighted by atomic mass is 9.78. The molecule has 0 radical (unpaired) electrons. The van der Waals surface area contributed by atoms with Crippen LogP contribution < -0.4 is 0 Å². The van der Waals surface area contributed by atoms with Gasteiger partial charge >= 0.3 is 0 Å². The lowest BCUT2D eigenvalue weighted by Crippen LogP contribution is -2.12. The van der Waals surface area contributed by atoms with Gasteiger partial charge in [0, 0.05) is 55.5 Å². The molecule has 4 nitrogen and oxygen atoms in total. The summed E-state index contributed by atoms with van der Waals surface area (Å²) < 4.78 is 13.2. The summed E-state index contributed by atoms with van der Waals surface area (Å²) in [5, 5.41) is 6.45. The van der Waals surface area contributed by atoms with Crippen molar-refractivity contribution < 1.29 is 8.83 Å². The normalized spacial score (nSPS) is 16.6. The van der Waals surface area contributed by atoms with E-state index in [0.29, 0.717) is 11.7 Å². The molecule has 50 heavy (non-hydrogen) atoms. The zero-order valence-corrected chi connectivity index (χ0v) is 26.9. The highest BCUT2D eigenvalue weighted by Crippen LogP contribution is 2.46. The van der Waals surface area contributed by atoms with Crippen LogP contribution in [-0.2, 0) is 0 Å². The first-order valence-corrected chi connectivity index (χ1v) is 17.1. The third kappa shape index (κ3) is 3.99. The third-order valence-electron chi connectivity index (χ3n) is 10.4. The Hall–Kier alpha value is -6.52. The van der Waals surface area contributed by atoms with Crippen LogP contribution >= 0.6 is 0 Å². The van der Waals surface area contributed by atoms with Gasteiger partial charge in [0.05, 0.1) is 11.2 Å². The van der Waals surface area contributed by atoms with Gasteiger partial charge in [-0.05, 0) is 46.9 Å². The molecule has 0 saturated heterocycles. The van der Waals surface area contributed by atoms with Gasteiger partial charge in [0.2, 0.25) is 0 Å². The van der Waals surface area contributed by atoms with Crippen LogP contribution in [0.3, 0.4) is 0 Å². The summed E-state index contributed by atoms with van der Waals surface area (Å²) >= 11 is 0. The van der Waals surface area contributed by atoms with Gasteiger partial charge in [-0.2, -0.15) is 0 Å². The van der Waals surface area contributed by atoms with Crippen molar-refractivity contribution in [1.82, 2.24) is 9.97 Å².